The second-order valence-corrected chi connectivity index (χ2v) is 6.70. The fraction of sp³-hybridized carbons (Fsp3) is 0.611. The van der Waals surface area contributed by atoms with Gasteiger partial charge in [-0.05, 0) is 74.6 Å². The van der Waals surface area contributed by atoms with Gasteiger partial charge in [-0.1, -0.05) is 6.07 Å². The fourth-order valence-corrected chi connectivity index (χ4v) is 3.67. The number of aryl methyl sites for hydroxylation is 2. The predicted octanol–water partition coefficient (Wildman–Crippen LogP) is 2.76. The second kappa shape index (κ2) is 6.18. The van der Waals surface area contributed by atoms with Gasteiger partial charge in [0.25, 0.3) is 5.91 Å². The Labute approximate surface area is 127 Å². The van der Waals surface area contributed by atoms with Gasteiger partial charge in [-0.15, -0.1) is 0 Å². The van der Waals surface area contributed by atoms with E-state index >= 15 is 0 Å². The molecule has 1 fully saturated rings. The first kappa shape index (κ1) is 14.6. The van der Waals surface area contributed by atoms with Crippen LogP contribution in [0.5, 0.6) is 0 Å². The summed E-state index contributed by atoms with van der Waals surface area (Å²) < 4.78 is 0. The summed E-state index contributed by atoms with van der Waals surface area (Å²) in [4.78, 5) is 14.7. The fourth-order valence-electron chi connectivity index (χ4n) is 3.67. The number of likely N-dealkylation sites (tertiary alicyclic amines) is 1. The lowest BCUT2D eigenvalue weighted by Gasteiger charge is -2.34. The smallest absolute Gasteiger partial charge is 0.253 e. The zero-order chi connectivity index (χ0) is 14.8. The molecule has 2 N–H and O–H groups in total. The molecule has 0 radical (unpaired) electrons. The van der Waals surface area contributed by atoms with Gasteiger partial charge in [0.05, 0.1) is 0 Å². The highest BCUT2D eigenvalue weighted by Crippen LogP contribution is 2.25. The van der Waals surface area contributed by atoms with Crippen molar-refractivity contribution in [2.45, 2.75) is 51.5 Å². The van der Waals surface area contributed by atoms with Crippen LogP contribution in [0, 0.1) is 5.92 Å². The Kier molecular flexibility index (Phi) is 4.29. The number of rotatable bonds is 2. The molecule has 1 aromatic carbocycles. The average molecular weight is 286 g/mol. The van der Waals surface area contributed by atoms with Gasteiger partial charge in [-0.25, -0.2) is 0 Å². The van der Waals surface area contributed by atoms with Gasteiger partial charge in [0.1, 0.15) is 0 Å². The monoisotopic (exact) mass is 286 g/mol. The highest BCUT2D eigenvalue weighted by molar-refractivity contribution is 5.94. The summed E-state index contributed by atoms with van der Waals surface area (Å²) in [7, 11) is 0. The van der Waals surface area contributed by atoms with Crippen LogP contribution < -0.4 is 5.73 Å². The second-order valence-electron chi connectivity index (χ2n) is 6.70. The van der Waals surface area contributed by atoms with Gasteiger partial charge in [-0.2, -0.15) is 0 Å². The molecule has 1 aliphatic heterocycles. The van der Waals surface area contributed by atoms with Crippen molar-refractivity contribution in [2.24, 2.45) is 11.7 Å². The summed E-state index contributed by atoms with van der Waals surface area (Å²) in [6, 6.07) is 6.48. The molecule has 0 bridgehead atoms. The minimum absolute atomic E-state index is 0.170. The minimum Gasteiger partial charge on any atom is -0.338 e. The molecule has 1 aromatic rings. The molecule has 3 rings (SSSR count). The molecule has 1 heterocycles. The summed E-state index contributed by atoms with van der Waals surface area (Å²) in [5, 5.41) is 0. The molecule has 3 nitrogen and oxygen atoms in total. The highest BCUT2D eigenvalue weighted by atomic mass is 16.2. The van der Waals surface area contributed by atoms with Crippen LogP contribution in [0.3, 0.4) is 0 Å². The molecule has 21 heavy (non-hydrogen) atoms. The number of hydrogen-bond donors (Lipinski definition) is 1. The Morgan fingerprint density at radius 2 is 2.00 bits per heavy atom. The van der Waals surface area contributed by atoms with Crippen molar-refractivity contribution in [3.8, 4) is 0 Å². The molecule has 0 aromatic heterocycles. The summed E-state index contributed by atoms with van der Waals surface area (Å²) in [5.41, 5.74) is 9.70. The molecule has 2 unspecified atom stereocenters. The highest BCUT2D eigenvalue weighted by Gasteiger charge is 2.26. The Morgan fingerprint density at radius 3 is 2.76 bits per heavy atom. The summed E-state index contributed by atoms with van der Waals surface area (Å²) >= 11 is 0. The van der Waals surface area contributed by atoms with Crippen LogP contribution in [0.15, 0.2) is 18.2 Å². The zero-order valence-electron chi connectivity index (χ0n) is 13.0. The molecular weight excluding hydrogens is 260 g/mol. The third kappa shape index (κ3) is 3.13. The maximum Gasteiger partial charge on any atom is 0.253 e. The lowest BCUT2D eigenvalue weighted by Crippen LogP contribution is -2.45. The molecule has 3 heteroatoms. The van der Waals surface area contributed by atoms with E-state index in [-0.39, 0.29) is 11.9 Å². The van der Waals surface area contributed by atoms with E-state index in [2.05, 4.69) is 19.1 Å². The Bertz CT molecular complexity index is 524. The van der Waals surface area contributed by atoms with Gasteiger partial charge in [0, 0.05) is 24.7 Å². The molecule has 0 saturated carbocycles. The van der Waals surface area contributed by atoms with E-state index in [1.54, 1.807) is 0 Å². The maximum atomic E-state index is 12.7. The lowest BCUT2D eigenvalue weighted by molar-refractivity contribution is 0.0661. The molecule has 1 saturated heterocycles. The SMILES string of the molecule is CC(N)C1CCCN(C(=O)c2ccc3c(c2)CCCC3)C1. The third-order valence-corrected chi connectivity index (χ3v) is 5.08. The molecule has 2 aliphatic rings. The number of amides is 1. The van der Waals surface area contributed by atoms with Crippen molar-refractivity contribution < 1.29 is 4.79 Å². The Morgan fingerprint density at radius 1 is 1.24 bits per heavy atom. The Hall–Kier alpha value is -1.35. The number of benzene rings is 1. The number of carbonyl (C=O) groups is 1. The molecule has 0 spiro atoms. The van der Waals surface area contributed by atoms with Crippen molar-refractivity contribution in [1.29, 1.82) is 0 Å². The minimum atomic E-state index is 0.170. The van der Waals surface area contributed by atoms with Gasteiger partial charge >= 0.3 is 0 Å². The summed E-state index contributed by atoms with van der Waals surface area (Å²) in [5.74, 6) is 0.633. The standard InChI is InChI=1S/C18H26N2O/c1-13(19)17-7-4-10-20(12-17)18(21)16-9-8-14-5-2-3-6-15(14)11-16/h8-9,11,13,17H,2-7,10,12,19H2,1H3. The van der Waals surface area contributed by atoms with E-state index in [0.29, 0.717) is 5.92 Å². The van der Waals surface area contributed by atoms with E-state index in [0.717, 1.165) is 37.9 Å². The van der Waals surface area contributed by atoms with Crippen LogP contribution in [-0.2, 0) is 12.8 Å². The predicted molar refractivity (Wildman–Crippen MR) is 85.4 cm³/mol. The molecule has 114 valence electrons. The maximum absolute atomic E-state index is 12.7. The topological polar surface area (TPSA) is 46.3 Å². The Balaban J connectivity index is 1.75. The first-order valence-electron chi connectivity index (χ1n) is 8.32. The van der Waals surface area contributed by atoms with Gasteiger partial charge in [0.15, 0.2) is 0 Å². The zero-order valence-corrected chi connectivity index (χ0v) is 13.0. The first-order valence-corrected chi connectivity index (χ1v) is 8.32. The summed E-state index contributed by atoms with van der Waals surface area (Å²) in [6.45, 7) is 3.74. The van der Waals surface area contributed by atoms with Crippen molar-refractivity contribution in [2.75, 3.05) is 13.1 Å². The number of nitrogens with zero attached hydrogens (tertiary/aromatic N) is 1. The largest absolute Gasteiger partial charge is 0.338 e. The molecule has 1 aliphatic carbocycles. The van der Waals surface area contributed by atoms with Gasteiger partial charge in [0.2, 0.25) is 0 Å². The number of carbonyl (C=O) groups excluding carboxylic acids is 1. The summed E-state index contributed by atoms with van der Waals surface area (Å²) in [6.07, 6.45) is 7.04. The lowest BCUT2D eigenvalue weighted by atomic mass is 9.89. The number of fused-ring (bicyclic) bond motifs is 1. The number of nitrogens with two attached hydrogens (primary N) is 1. The van der Waals surface area contributed by atoms with E-state index in [1.165, 1.54) is 30.4 Å². The normalized spacial score (nSPS) is 23.5. The van der Waals surface area contributed by atoms with E-state index in [1.807, 2.05) is 11.0 Å². The van der Waals surface area contributed by atoms with Crippen molar-refractivity contribution in [3.63, 3.8) is 0 Å². The van der Waals surface area contributed by atoms with Crippen LogP contribution in [0.2, 0.25) is 0 Å². The van der Waals surface area contributed by atoms with Crippen LogP contribution in [0.25, 0.3) is 0 Å². The van der Waals surface area contributed by atoms with Gasteiger partial charge < -0.3 is 10.6 Å². The van der Waals surface area contributed by atoms with Crippen LogP contribution in [0.4, 0.5) is 0 Å². The van der Waals surface area contributed by atoms with Crippen molar-refractivity contribution in [1.82, 2.24) is 4.90 Å². The van der Waals surface area contributed by atoms with Crippen LogP contribution in [0.1, 0.15) is 54.1 Å². The first-order chi connectivity index (χ1) is 10.1. The third-order valence-electron chi connectivity index (χ3n) is 5.08. The molecule has 2 atom stereocenters. The van der Waals surface area contributed by atoms with Gasteiger partial charge in [-0.3, -0.25) is 4.79 Å². The van der Waals surface area contributed by atoms with Crippen LogP contribution >= 0.6 is 0 Å². The van der Waals surface area contributed by atoms with Crippen LogP contribution in [-0.4, -0.2) is 29.9 Å². The molecule has 1 amide bonds. The number of piperidine rings is 1. The van der Waals surface area contributed by atoms with E-state index in [4.69, 9.17) is 5.73 Å². The van der Waals surface area contributed by atoms with E-state index < -0.39 is 0 Å². The molecular formula is C18H26N2O. The van der Waals surface area contributed by atoms with E-state index in [9.17, 15) is 4.79 Å². The van der Waals surface area contributed by atoms with Crippen molar-refractivity contribution >= 4 is 5.91 Å². The average Bonchev–Trinajstić information content (AvgIpc) is 2.53. The van der Waals surface area contributed by atoms with Crippen molar-refractivity contribution in [3.05, 3.63) is 34.9 Å². The number of hydrogen-bond acceptors (Lipinski definition) is 2. The quantitative estimate of drug-likeness (QED) is 0.908.